The van der Waals surface area contributed by atoms with Crippen LogP contribution in [-0.4, -0.2) is 33.8 Å². The lowest BCUT2D eigenvalue weighted by molar-refractivity contribution is 0.579. The Morgan fingerprint density at radius 2 is 1.82 bits per heavy atom. The van der Waals surface area contributed by atoms with E-state index in [0.717, 1.165) is 0 Å². The third-order valence-electron chi connectivity index (χ3n) is 1.09. The molecule has 68 valence electrons. The van der Waals surface area contributed by atoms with Gasteiger partial charge < -0.3 is 11.5 Å². The van der Waals surface area contributed by atoms with Crippen LogP contribution < -0.4 is 16.2 Å². The van der Waals surface area contributed by atoms with Crippen molar-refractivity contribution in [2.75, 3.05) is 25.4 Å². The molecule has 0 saturated carbocycles. The number of nitrogens with two attached hydrogens (primary N) is 2. The molecule has 0 atom stereocenters. The average Bonchev–Trinajstić information content (AvgIpc) is 1.87. The molecule has 0 fully saturated rings. The molecule has 0 aliphatic carbocycles. The molecule has 0 spiro atoms. The summed E-state index contributed by atoms with van der Waals surface area (Å²) in [7, 11) is -3.13. The molecule has 0 heterocycles. The number of hydrogen-bond acceptors (Lipinski definition) is 4. The highest BCUT2D eigenvalue weighted by atomic mass is 32.2. The minimum atomic E-state index is -3.13. The fourth-order valence-corrected chi connectivity index (χ4v) is 1.47. The Labute approximate surface area is 67.2 Å². The molecule has 0 rings (SSSR count). The van der Waals surface area contributed by atoms with E-state index in [1.807, 2.05) is 0 Å². The van der Waals surface area contributed by atoms with E-state index in [-0.39, 0.29) is 12.3 Å². The van der Waals surface area contributed by atoms with Crippen molar-refractivity contribution >= 4 is 10.0 Å². The Balaban J connectivity index is 3.56. The molecule has 0 amide bonds. The highest BCUT2D eigenvalue weighted by Crippen LogP contribution is 1.81. The summed E-state index contributed by atoms with van der Waals surface area (Å²) in [6.45, 7) is 1.04. The van der Waals surface area contributed by atoms with Crippen molar-refractivity contribution in [3.63, 3.8) is 0 Å². The van der Waals surface area contributed by atoms with Crippen LogP contribution >= 0.6 is 0 Å². The molecule has 0 unspecified atom stereocenters. The Hall–Kier alpha value is -0.170. The Morgan fingerprint density at radius 1 is 1.18 bits per heavy atom. The normalized spacial score (nSPS) is 11.8. The van der Waals surface area contributed by atoms with Crippen LogP contribution in [-0.2, 0) is 10.0 Å². The Morgan fingerprint density at radius 3 is 2.27 bits per heavy atom. The van der Waals surface area contributed by atoms with Gasteiger partial charge in [0.2, 0.25) is 10.0 Å². The summed E-state index contributed by atoms with van der Waals surface area (Å²) in [4.78, 5) is 0. The van der Waals surface area contributed by atoms with Gasteiger partial charge in [0, 0.05) is 13.1 Å². The fraction of sp³-hybridized carbons (Fsp3) is 1.00. The lowest BCUT2D eigenvalue weighted by Gasteiger charge is -2.02. The molecule has 0 aliphatic heterocycles. The third-order valence-corrected chi connectivity index (χ3v) is 2.51. The monoisotopic (exact) mass is 181 g/mol. The van der Waals surface area contributed by atoms with Gasteiger partial charge in [-0.2, -0.15) is 0 Å². The van der Waals surface area contributed by atoms with Crippen molar-refractivity contribution in [2.24, 2.45) is 11.5 Å². The molecule has 0 saturated heterocycles. The zero-order valence-electron chi connectivity index (χ0n) is 6.41. The molecule has 0 bridgehead atoms. The molecule has 0 aromatic carbocycles. The first kappa shape index (κ1) is 10.8. The van der Waals surface area contributed by atoms with Crippen molar-refractivity contribution in [1.29, 1.82) is 0 Å². The first-order chi connectivity index (χ1) is 5.12. The molecule has 0 aromatic rings. The lowest BCUT2D eigenvalue weighted by atomic mass is 10.4. The molecule has 5 nitrogen and oxygen atoms in total. The van der Waals surface area contributed by atoms with E-state index >= 15 is 0 Å². The van der Waals surface area contributed by atoms with Crippen molar-refractivity contribution < 1.29 is 8.42 Å². The maximum Gasteiger partial charge on any atom is 0.212 e. The van der Waals surface area contributed by atoms with Gasteiger partial charge in [0.05, 0.1) is 5.75 Å². The van der Waals surface area contributed by atoms with Crippen LogP contribution in [0.25, 0.3) is 0 Å². The van der Waals surface area contributed by atoms with Gasteiger partial charge in [-0.15, -0.1) is 0 Å². The molecule has 5 N–H and O–H groups in total. The predicted octanol–water partition coefficient (Wildman–Crippen LogP) is -1.79. The van der Waals surface area contributed by atoms with E-state index in [2.05, 4.69) is 4.72 Å². The average molecular weight is 181 g/mol. The Bertz CT molecular complexity index is 178. The van der Waals surface area contributed by atoms with Crippen molar-refractivity contribution in [1.82, 2.24) is 4.72 Å². The topological polar surface area (TPSA) is 98.2 Å². The van der Waals surface area contributed by atoms with E-state index in [9.17, 15) is 8.42 Å². The molecule has 11 heavy (non-hydrogen) atoms. The highest BCUT2D eigenvalue weighted by molar-refractivity contribution is 7.89. The van der Waals surface area contributed by atoms with Crippen molar-refractivity contribution in [2.45, 2.75) is 6.42 Å². The summed E-state index contributed by atoms with van der Waals surface area (Å²) in [5.41, 5.74) is 10.2. The minimum Gasteiger partial charge on any atom is -0.330 e. The van der Waals surface area contributed by atoms with Gasteiger partial charge in [-0.25, -0.2) is 13.1 Å². The van der Waals surface area contributed by atoms with Crippen LogP contribution in [0, 0.1) is 0 Å². The second kappa shape index (κ2) is 5.48. The van der Waals surface area contributed by atoms with Crippen LogP contribution in [0.2, 0.25) is 0 Å². The highest BCUT2D eigenvalue weighted by Gasteiger charge is 2.05. The van der Waals surface area contributed by atoms with Gasteiger partial charge in [-0.3, -0.25) is 0 Å². The van der Waals surface area contributed by atoms with Crippen molar-refractivity contribution in [3.05, 3.63) is 0 Å². The summed E-state index contributed by atoms with van der Waals surface area (Å²) < 4.78 is 24.1. The fourth-order valence-electron chi connectivity index (χ4n) is 0.557. The van der Waals surface area contributed by atoms with Gasteiger partial charge >= 0.3 is 0 Å². The number of rotatable bonds is 6. The second-order valence-electron chi connectivity index (χ2n) is 2.14. The second-order valence-corrected chi connectivity index (χ2v) is 4.07. The van der Waals surface area contributed by atoms with Gasteiger partial charge in [0.15, 0.2) is 0 Å². The van der Waals surface area contributed by atoms with Crippen LogP contribution in [0.4, 0.5) is 0 Å². The van der Waals surface area contributed by atoms with Crippen molar-refractivity contribution in [3.8, 4) is 0 Å². The molecule has 6 heteroatoms. The first-order valence-corrected chi connectivity index (χ1v) is 5.15. The van der Waals surface area contributed by atoms with Crippen LogP contribution in [0.15, 0.2) is 0 Å². The summed E-state index contributed by atoms with van der Waals surface area (Å²) in [6.07, 6.45) is 0.657. The molecular formula is C5H15N3O2S. The number of hydrogen-bond donors (Lipinski definition) is 3. The van der Waals surface area contributed by atoms with E-state index in [1.165, 1.54) is 0 Å². The summed E-state index contributed by atoms with van der Waals surface area (Å²) >= 11 is 0. The zero-order valence-corrected chi connectivity index (χ0v) is 7.23. The number of nitrogens with one attached hydrogen (secondary N) is 1. The van der Waals surface area contributed by atoms with Crippen LogP contribution in [0.1, 0.15) is 6.42 Å². The summed E-state index contributed by atoms with van der Waals surface area (Å²) in [5.74, 6) is -0.0163. The first-order valence-electron chi connectivity index (χ1n) is 3.50. The van der Waals surface area contributed by atoms with E-state index < -0.39 is 10.0 Å². The Kier molecular flexibility index (Phi) is 5.39. The summed E-state index contributed by atoms with van der Waals surface area (Å²) in [6, 6.07) is 0. The van der Waals surface area contributed by atoms with E-state index in [4.69, 9.17) is 11.5 Å². The molecular weight excluding hydrogens is 166 g/mol. The van der Waals surface area contributed by atoms with Crippen LogP contribution in [0.3, 0.4) is 0 Å². The van der Waals surface area contributed by atoms with E-state index in [0.29, 0.717) is 19.5 Å². The lowest BCUT2D eigenvalue weighted by Crippen LogP contribution is -2.31. The maximum atomic E-state index is 10.9. The zero-order chi connectivity index (χ0) is 8.74. The van der Waals surface area contributed by atoms with E-state index in [1.54, 1.807) is 0 Å². The third kappa shape index (κ3) is 6.24. The van der Waals surface area contributed by atoms with Gasteiger partial charge in [-0.05, 0) is 13.0 Å². The molecule has 0 radical (unpaired) electrons. The predicted molar refractivity (Wildman–Crippen MR) is 44.5 cm³/mol. The van der Waals surface area contributed by atoms with Crippen LogP contribution in [0.5, 0.6) is 0 Å². The SMILES string of the molecule is NCCCNS(=O)(=O)CCN. The largest absolute Gasteiger partial charge is 0.330 e. The maximum absolute atomic E-state index is 10.9. The smallest absolute Gasteiger partial charge is 0.212 e. The van der Waals surface area contributed by atoms with Gasteiger partial charge in [0.25, 0.3) is 0 Å². The molecule has 0 aliphatic rings. The number of sulfonamides is 1. The quantitative estimate of drug-likeness (QED) is 0.422. The van der Waals surface area contributed by atoms with Gasteiger partial charge in [0.1, 0.15) is 0 Å². The molecule has 0 aromatic heterocycles. The minimum absolute atomic E-state index is 0.0163. The standard InChI is InChI=1S/C5H15N3O2S/c6-2-1-4-8-11(9,10)5-3-7/h8H,1-7H2. The van der Waals surface area contributed by atoms with Gasteiger partial charge in [-0.1, -0.05) is 0 Å². The summed E-state index contributed by atoms with van der Waals surface area (Å²) in [5, 5.41) is 0.